The van der Waals surface area contributed by atoms with E-state index in [4.69, 9.17) is 5.73 Å². The average Bonchev–Trinajstić information content (AvgIpc) is 1.88. The number of piperazine rings is 1. The van der Waals surface area contributed by atoms with E-state index in [9.17, 15) is 4.79 Å². The van der Waals surface area contributed by atoms with E-state index in [-0.39, 0.29) is 63.3 Å². The van der Waals surface area contributed by atoms with Crippen LogP contribution in [0.1, 0.15) is 0 Å². The van der Waals surface area contributed by atoms with Crippen LogP contribution in [-0.2, 0) is 4.79 Å². The first kappa shape index (κ1) is 12.0. The first-order valence-corrected chi connectivity index (χ1v) is 3.34. The topological polar surface area (TPSA) is 60.4 Å². The van der Waals surface area contributed by atoms with E-state index in [1.165, 1.54) is 0 Å². The van der Waals surface area contributed by atoms with Gasteiger partial charge in [-0.3, -0.25) is 4.79 Å². The van der Waals surface area contributed by atoms with Gasteiger partial charge >= 0.3 is 51.4 Å². The molecule has 0 radical (unpaired) electrons. The number of primary amides is 1. The molecule has 1 aliphatic heterocycles. The second kappa shape index (κ2) is 5.63. The fourth-order valence-corrected chi connectivity index (χ4v) is 1.01. The summed E-state index contributed by atoms with van der Waals surface area (Å²) in [5, 5.41) is 4.06. The molecule has 0 bridgehead atoms. The van der Waals surface area contributed by atoms with Crippen molar-refractivity contribution in [2.45, 2.75) is 6.04 Å². The predicted octanol–water partition coefficient (Wildman–Crippen LogP) is -3.84. The molecule has 0 aromatic carbocycles. The van der Waals surface area contributed by atoms with E-state index in [0.717, 1.165) is 13.1 Å². The third-order valence-corrected chi connectivity index (χ3v) is 1.64. The van der Waals surface area contributed by atoms with Gasteiger partial charge in [0.1, 0.15) is 0 Å². The Bertz CT molecular complexity index is 142. The van der Waals surface area contributed by atoms with Crippen molar-refractivity contribution in [3.05, 3.63) is 5.32 Å². The van der Waals surface area contributed by atoms with Crippen molar-refractivity contribution in [1.82, 2.24) is 4.90 Å². The van der Waals surface area contributed by atoms with Crippen LogP contribution in [0, 0.1) is 0 Å². The number of likely N-dealkylation sites (N-methyl/N-ethyl adjacent to an activating group) is 1. The van der Waals surface area contributed by atoms with Crippen LogP contribution in [0.5, 0.6) is 0 Å². The summed E-state index contributed by atoms with van der Waals surface area (Å²) in [7, 11) is 1.96. The molecule has 0 aromatic heterocycles. The number of nitrogens with zero attached hydrogens (tertiary/aromatic N) is 2. The quantitative estimate of drug-likeness (QED) is 0.421. The molecule has 1 amide bonds. The summed E-state index contributed by atoms with van der Waals surface area (Å²) in [5.41, 5.74) is 5.07. The maximum Gasteiger partial charge on any atom is 1.00 e. The Morgan fingerprint density at radius 2 is 2.36 bits per heavy atom. The van der Waals surface area contributed by atoms with Gasteiger partial charge in [-0.1, -0.05) is 0 Å². The molecule has 0 aliphatic carbocycles. The Morgan fingerprint density at radius 3 is 2.73 bits per heavy atom. The Kier molecular flexibility index (Phi) is 6.16. The number of hydrogen-bond donors (Lipinski definition) is 1. The van der Waals surface area contributed by atoms with Crippen molar-refractivity contribution in [1.29, 1.82) is 0 Å². The monoisotopic (exact) mass is 181 g/mol. The van der Waals surface area contributed by atoms with Gasteiger partial charge in [0.2, 0.25) is 5.91 Å². The molecule has 5 heteroatoms. The van der Waals surface area contributed by atoms with Crippen LogP contribution in [0.4, 0.5) is 0 Å². The van der Waals surface area contributed by atoms with Crippen LogP contribution in [0.2, 0.25) is 0 Å². The number of carbonyl (C=O) groups is 1. The minimum atomic E-state index is -0.313. The second-order valence-electron chi connectivity index (χ2n) is 2.59. The van der Waals surface area contributed by atoms with Crippen molar-refractivity contribution in [2.75, 3.05) is 26.7 Å². The first-order chi connectivity index (χ1) is 4.70. The average molecular weight is 181 g/mol. The number of rotatable bonds is 1. The molecular weight excluding hydrogens is 169 g/mol. The van der Waals surface area contributed by atoms with Crippen LogP contribution in [0.15, 0.2) is 0 Å². The fraction of sp³-hybridized carbons (Fsp3) is 0.833. The van der Waals surface area contributed by atoms with Crippen LogP contribution in [0.3, 0.4) is 0 Å². The van der Waals surface area contributed by atoms with Crippen molar-refractivity contribution >= 4 is 5.91 Å². The van der Waals surface area contributed by atoms with Gasteiger partial charge in [0.25, 0.3) is 0 Å². The summed E-state index contributed by atoms with van der Waals surface area (Å²) in [4.78, 5) is 12.7. The van der Waals surface area contributed by atoms with Crippen LogP contribution in [-0.4, -0.2) is 43.5 Å². The minimum absolute atomic E-state index is 0. The predicted molar refractivity (Wildman–Crippen MR) is 38.7 cm³/mol. The Hall–Kier alpha value is 1.03. The molecule has 1 fully saturated rings. The van der Waals surface area contributed by atoms with Crippen molar-refractivity contribution in [3.8, 4) is 0 Å². The van der Waals surface area contributed by atoms with Crippen molar-refractivity contribution in [2.24, 2.45) is 5.73 Å². The molecule has 58 valence electrons. The Balaban J connectivity index is 0.000001000. The molecule has 1 unspecified atom stereocenters. The number of amides is 1. The third-order valence-electron chi connectivity index (χ3n) is 1.64. The Morgan fingerprint density at radius 1 is 1.73 bits per heavy atom. The number of hydrogen-bond acceptors (Lipinski definition) is 2. The third kappa shape index (κ3) is 3.98. The number of nitrogens with two attached hydrogens (primary N) is 1. The van der Waals surface area contributed by atoms with E-state index in [0.29, 0.717) is 6.54 Å². The van der Waals surface area contributed by atoms with Gasteiger partial charge in [0, 0.05) is 0 Å². The SMILES string of the molecule is CN1CC[N-]C(C(N)=O)C1.[K+]. The molecular formula is C6H12KN3O. The van der Waals surface area contributed by atoms with E-state index >= 15 is 0 Å². The largest absolute Gasteiger partial charge is 1.00 e. The van der Waals surface area contributed by atoms with Gasteiger partial charge in [-0.15, -0.1) is 6.54 Å². The number of carbonyl (C=O) groups excluding carboxylic acids is 1. The van der Waals surface area contributed by atoms with Crippen molar-refractivity contribution in [3.63, 3.8) is 0 Å². The first-order valence-electron chi connectivity index (χ1n) is 3.34. The van der Waals surface area contributed by atoms with Gasteiger partial charge in [-0.25, -0.2) is 0 Å². The molecule has 0 saturated carbocycles. The zero-order chi connectivity index (χ0) is 7.56. The maximum absolute atomic E-state index is 10.6. The van der Waals surface area contributed by atoms with E-state index in [1.54, 1.807) is 0 Å². The molecule has 1 atom stereocenters. The van der Waals surface area contributed by atoms with E-state index in [1.807, 2.05) is 7.05 Å². The van der Waals surface area contributed by atoms with Gasteiger partial charge in [-0.05, 0) is 26.2 Å². The minimum Gasteiger partial charge on any atom is -0.650 e. The van der Waals surface area contributed by atoms with E-state index in [2.05, 4.69) is 10.2 Å². The molecule has 11 heavy (non-hydrogen) atoms. The maximum atomic E-state index is 10.6. The molecule has 0 aromatic rings. The summed E-state index contributed by atoms with van der Waals surface area (Å²) in [5.74, 6) is -0.313. The molecule has 2 N–H and O–H groups in total. The zero-order valence-corrected chi connectivity index (χ0v) is 10.2. The van der Waals surface area contributed by atoms with Gasteiger partial charge in [0.05, 0.1) is 0 Å². The van der Waals surface area contributed by atoms with Crippen LogP contribution >= 0.6 is 0 Å². The summed E-state index contributed by atoms with van der Waals surface area (Å²) in [6.07, 6.45) is 0. The molecule has 1 heterocycles. The smallest absolute Gasteiger partial charge is 0.650 e. The van der Waals surface area contributed by atoms with Gasteiger partial charge < -0.3 is 16.0 Å². The molecule has 1 rings (SSSR count). The Labute approximate surface area is 109 Å². The van der Waals surface area contributed by atoms with Gasteiger partial charge in [0.15, 0.2) is 0 Å². The van der Waals surface area contributed by atoms with Crippen molar-refractivity contribution < 1.29 is 56.2 Å². The summed E-state index contributed by atoms with van der Waals surface area (Å²) in [6.45, 7) is 2.34. The summed E-state index contributed by atoms with van der Waals surface area (Å²) in [6, 6.07) is -0.279. The summed E-state index contributed by atoms with van der Waals surface area (Å²) >= 11 is 0. The molecule has 0 spiro atoms. The standard InChI is InChI=1S/C6H12N3O.K/c1-9-3-2-8-5(4-9)6(7)10;/h5H,2-4H2,1H3,(H2,7,10);/q-1;+1. The zero-order valence-electron chi connectivity index (χ0n) is 7.08. The second-order valence-corrected chi connectivity index (χ2v) is 2.59. The van der Waals surface area contributed by atoms with Gasteiger partial charge in [-0.2, -0.15) is 0 Å². The fourth-order valence-electron chi connectivity index (χ4n) is 1.01. The normalized spacial score (nSPS) is 25.7. The van der Waals surface area contributed by atoms with Crippen LogP contribution < -0.4 is 57.1 Å². The molecule has 1 saturated heterocycles. The molecule has 4 nitrogen and oxygen atoms in total. The van der Waals surface area contributed by atoms with E-state index < -0.39 is 0 Å². The van der Waals surface area contributed by atoms with Crippen LogP contribution in [0.25, 0.3) is 5.32 Å². The molecule has 1 aliphatic rings. The summed E-state index contributed by atoms with van der Waals surface area (Å²) < 4.78 is 0.